The summed E-state index contributed by atoms with van der Waals surface area (Å²) in [6.07, 6.45) is 1.54. The average molecular weight is 343 g/mol. The van der Waals surface area contributed by atoms with Gasteiger partial charge in [-0.05, 0) is 36.0 Å². The molecule has 24 heavy (non-hydrogen) atoms. The molecule has 0 saturated carbocycles. The number of hydrazone groups is 1. The van der Waals surface area contributed by atoms with Crippen molar-refractivity contribution in [1.29, 1.82) is 0 Å². The zero-order valence-electron chi connectivity index (χ0n) is 13.1. The Morgan fingerprint density at radius 1 is 1.25 bits per heavy atom. The molecule has 0 aliphatic heterocycles. The van der Waals surface area contributed by atoms with E-state index in [1.165, 1.54) is 7.11 Å². The van der Waals surface area contributed by atoms with E-state index in [1.54, 1.807) is 36.5 Å². The minimum atomic E-state index is -0.107. The number of hydrogen-bond donors (Lipinski definition) is 2. The minimum absolute atomic E-state index is 0.0726. The van der Waals surface area contributed by atoms with Gasteiger partial charge < -0.3 is 15.2 Å². The molecule has 2 aromatic rings. The van der Waals surface area contributed by atoms with Crippen LogP contribution in [0.4, 0.5) is 0 Å². The summed E-state index contributed by atoms with van der Waals surface area (Å²) >= 11 is 4.66. The SMILES string of the molecule is COc1cc(C=NNC(N)=S)ccc1OCC(=O)c1ccccc1. The van der Waals surface area contributed by atoms with Crippen LogP contribution in [0.2, 0.25) is 0 Å². The van der Waals surface area contributed by atoms with Crippen molar-refractivity contribution >= 4 is 29.3 Å². The van der Waals surface area contributed by atoms with E-state index < -0.39 is 0 Å². The molecule has 0 atom stereocenters. The zero-order chi connectivity index (χ0) is 17.4. The lowest BCUT2D eigenvalue weighted by molar-refractivity contribution is 0.0919. The Hall–Kier alpha value is -2.93. The van der Waals surface area contributed by atoms with Crippen LogP contribution in [-0.2, 0) is 0 Å². The van der Waals surface area contributed by atoms with Crippen LogP contribution >= 0.6 is 12.2 Å². The Balaban J connectivity index is 2.03. The Morgan fingerprint density at radius 2 is 2.00 bits per heavy atom. The highest BCUT2D eigenvalue weighted by Gasteiger charge is 2.09. The Labute approximate surface area is 145 Å². The number of carbonyl (C=O) groups excluding carboxylic acids is 1. The average Bonchev–Trinajstić information content (AvgIpc) is 2.60. The van der Waals surface area contributed by atoms with Gasteiger partial charge >= 0.3 is 0 Å². The third-order valence-corrected chi connectivity index (χ3v) is 3.12. The molecule has 0 spiro atoms. The minimum Gasteiger partial charge on any atom is -0.493 e. The van der Waals surface area contributed by atoms with Crippen molar-refractivity contribution in [3.63, 3.8) is 0 Å². The zero-order valence-corrected chi connectivity index (χ0v) is 13.9. The van der Waals surface area contributed by atoms with Crippen molar-refractivity contribution < 1.29 is 14.3 Å². The Bertz CT molecular complexity index is 748. The van der Waals surface area contributed by atoms with Gasteiger partial charge in [-0.1, -0.05) is 30.3 Å². The molecule has 0 heterocycles. The Kier molecular flexibility index (Phi) is 6.27. The lowest BCUT2D eigenvalue weighted by Gasteiger charge is -2.11. The van der Waals surface area contributed by atoms with E-state index in [2.05, 4.69) is 22.7 Å². The molecule has 0 unspecified atom stereocenters. The van der Waals surface area contributed by atoms with Gasteiger partial charge in [-0.2, -0.15) is 5.10 Å². The van der Waals surface area contributed by atoms with Crippen molar-refractivity contribution in [2.24, 2.45) is 10.8 Å². The van der Waals surface area contributed by atoms with Gasteiger partial charge in [0.1, 0.15) is 0 Å². The van der Waals surface area contributed by atoms with Crippen molar-refractivity contribution in [3.8, 4) is 11.5 Å². The molecule has 2 rings (SSSR count). The number of methoxy groups -OCH3 is 1. The number of ketones is 1. The fourth-order valence-corrected chi connectivity index (χ4v) is 1.96. The van der Waals surface area contributed by atoms with Crippen molar-refractivity contribution in [3.05, 3.63) is 59.7 Å². The van der Waals surface area contributed by atoms with E-state index >= 15 is 0 Å². The van der Waals surface area contributed by atoms with Crippen LogP contribution in [0.15, 0.2) is 53.6 Å². The van der Waals surface area contributed by atoms with Gasteiger partial charge in [-0.25, -0.2) is 0 Å². The van der Waals surface area contributed by atoms with Crippen LogP contribution in [0, 0.1) is 0 Å². The van der Waals surface area contributed by atoms with E-state index in [0.29, 0.717) is 17.1 Å². The second-order valence-corrected chi connectivity index (χ2v) is 5.16. The smallest absolute Gasteiger partial charge is 0.200 e. The molecule has 3 N–H and O–H groups in total. The highest BCUT2D eigenvalue weighted by atomic mass is 32.1. The first-order valence-electron chi connectivity index (χ1n) is 7.07. The predicted octanol–water partition coefficient (Wildman–Crippen LogP) is 2.12. The quantitative estimate of drug-likeness (QED) is 0.347. The van der Waals surface area contributed by atoms with E-state index in [1.807, 2.05) is 18.2 Å². The molecule has 124 valence electrons. The van der Waals surface area contributed by atoms with Crippen LogP contribution in [-0.4, -0.2) is 30.8 Å². The second kappa shape index (κ2) is 8.64. The summed E-state index contributed by atoms with van der Waals surface area (Å²) in [7, 11) is 1.52. The fourth-order valence-electron chi connectivity index (χ4n) is 1.90. The molecule has 0 saturated heterocycles. The van der Waals surface area contributed by atoms with Gasteiger partial charge in [-0.15, -0.1) is 0 Å². The number of nitrogens with one attached hydrogen (secondary N) is 1. The lowest BCUT2D eigenvalue weighted by atomic mass is 10.1. The highest BCUT2D eigenvalue weighted by Crippen LogP contribution is 2.27. The molecule has 6 nitrogen and oxygen atoms in total. The summed E-state index contributed by atoms with van der Waals surface area (Å²) in [6.45, 7) is -0.0726. The third-order valence-electron chi connectivity index (χ3n) is 3.03. The van der Waals surface area contributed by atoms with Gasteiger partial charge in [0.25, 0.3) is 0 Å². The van der Waals surface area contributed by atoms with Gasteiger partial charge in [0, 0.05) is 5.56 Å². The van der Waals surface area contributed by atoms with Crippen molar-refractivity contribution in [1.82, 2.24) is 5.43 Å². The maximum atomic E-state index is 12.1. The van der Waals surface area contributed by atoms with Crippen molar-refractivity contribution in [2.45, 2.75) is 0 Å². The molecule has 2 aromatic carbocycles. The summed E-state index contributed by atoms with van der Waals surface area (Å²) in [5.74, 6) is 0.861. The normalized spacial score (nSPS) is 10.4. The summed E-state index contributed by atoms with van der Waals surface area (Å²) < 4.78 is 10.8. The molecule has 0 bridgehead atoms. The van der Waals surface area contributed by atoms with E-state index in [9.17, 15) is 4.79 Å². The summed E-state index contributed by atoms with van der Waals surface area (Å²) in [6, 6.07) is 14.2. The number of Topliss-reactive ketones (excluding diaryl/α,β-unsaturated/α-hetero) is 1. The van der Waals surface area contributed by atoms with Gasteiger partial charge in [0.2, 0.25) is 0 Å². The first-order chi connectivity index (χ1) is 11.6. The van der Waals surface area contributed by atoms with E-state index in [4.69, 9.17) is 15.2 Å². The number of rotatable bonds is 7. The third kappa shape index (κ3) is 5.06. The standard InChI is InChI=1S/C17H17N3O3S/c1-22-16-9-12(10-19-20-17(18)24)7-8-15(16)23-11-14(21)13-5-3-2-4-6-13/h2-10H,11H2,1H3,(H3,18,20,24). The molecule has 0 amide bonds. The molecule has 7 heteroatoms. The van der Waals surface area contributed by atoms with Gasteiger partial charge in [0.05, 0.1) is 13.3 Å². The predicted molar refractivity (Wildman–Crippen MR) is 96.8 cm³/mol. The molecule has 0 fully saturated rings. The first kappa shape index (κ1) is 17.4. The molecule has 0 aliphatic carbocycles. The van der Waals surface area contributed by atoms with E-state index in [0.717, 1.165) is 5.56 Å². The van der Waals surface area contributed by atoms with Crippen molar-refractivity contribution in [2.75, 3.05) is 13.7 Å². The molecule has 0 aliphatic rings. The number of nitrogens with two attached hydrogens (primary N) is 1. The van der Waals surface area contributed by atoms with Crippen LogP contribution in [0.5, 0.6) is 11.5 Å². The van der Waals surface area contributed by atoms with Gasteiger partial charge in [-0.3, -0.25) is 10.2 Å². The fraction of sp³-hybridized carbons (Fsp3) is 0.118. The van der Waals surface area contributed by atoms with Gasteiger partial charge in [0.15, 0.2) is 29.0 Å². The summed E-state index contributed by atoms with van der Waals surface area (Å²) in [4.78, 5) is 12.1. The van der Waals surface area contributed by atoms with E-state index in [-0.39, 0.29) is 17.5 Å². The lowest BCUT2D eigenvalue weighted by Crippen LogP contribution is -2.23. The number of thiocarbonyl (C=S) groups is 1. The molecule has 0 aromatic heterocycles. The van der Waals surface area contributed by atoms with Crippen LogP contribution in [0.1, 0.15) is 15.9 Å². The summed E-state index contributed by atoms with van der Waals surface area (Å²) in [5.41, 5.74) is 9.11. The molecular formula is C17H17N3O3S. The van der Waals surface area contributed by atoms with Crippen LogP contribution in [0.3, 0.4) is 0 Å². The van der Waals surface area contributed by atoms with Crippen LogP contribution < -0.4 is 20.6 Å². The highest BCUT2D eigenvalue weighted by molar-refractivity contribution is 7.80. The molecular weight excluding hydrogens is 326 g/mol. The number of ether oxygens (including phenoxy) is 2. The maximum Gasteiger partial charge on any atom is 0.200 e. The summed E-state index contributed by atoms with van der Waals surface area (Å²) in [5, 5.41) is 3.95. The monoisotopic (exact) mass is 343 g/mol. The number of nitrogens with zero attached hydrogens (tertiary/aromatic N) is 1. The van der Waals surface area contributed by atoms with Crippen LogP contribution in [0.25, 0.3) is 0 Å². The molecule has 0 radical (unpaired) electrons. The topological polar surface area (TPSA) is 85.9 Å². The largest absolute Gasteiger partial charge is 0.493 e. The number of carbonyl (C=O) groups is 1. The number of hydrogen-bond acceptors (Lipinski definition) is 5. The Morgan fingerprint density at radius 3 is 2.67 bits per heavy atom. The first-order valence-corrected chi connectivity index (χ1v) is 7.48. The second-order valence-electron chi connectivity index (χ2n) is 4.72. The maximum absolute atomic E-state index is 12.1. The number of benzene rings is 2.